The molecule has 6 heteroatoms. The molecule has 2 heterocycles. The third kappa shape index (κ3) is 2.13. The molecule has 6 nitrogen and oxygen atoms in total. The van der Waals surface area contributed by atoms with Gasteiger partial charge < -0.3 is 9.84 Å². The zero-order valence-electron chi connectivity index (χ0n) is 10.0. The zero-order chi connectivity index (χ0) is 12.5. The molecule has 1 atom stereocenters. The van der Waals surface area contributed by atoms with Crippen molar-refractivity contribution in [1.82, 2.24) is 14.9 Å². The molecule has 18 heavy (non-hydrogen) atoms. The summed E-state index contributed by atoms with van der Waals surface area (Å²) in [5.74, 6) is 0.436. The number of nitrogens with zero attached hydrogens (tertiary/aromatic N) is 3. The lowest BCUT2D eigenvalue weighted by molar-refractivity contribution is 0.101. The Morgan fingerprint density at radius 3 is 3.11 bits per heavy atom. The molecule has 94 valence electrons. The highest BCUT2D eigenvalue weighted by atomic mass is 16.5. The highest BCUT2D eigenvalue weighted by Gasteiger charge is 2.29. The number of carbonyl (C=O) groups is 1. The minimum absolute atomic E-state index is 0.262. The van der Waals surface area contributed by atoms with Gasteiger partial charge in [-0.2, -0.15) is 5.10 Å². The lowest BCUT2D eigenvalue weighted by Crippen LogP contribution is -2.12. The van der Waals surface area contributed by atoms with E-state index >= 15 is 0 Å². The number of aromatic nitrogens is 3. The van der Waals surface area contributed by atoms with Gasteiger partial charge in [0.1, 0.15) is 6.26 Å². The first kappa shape index (κ1) is 11.0. The second-order valence-corrected chi connectivity index (χ2v) is 4.63. The average molecular weight is 246 g/mol. The zero-order valence-corrected chi connectivity index (χ0v) is 10.0. The fourth-order valence-electron chi connectivity index (χ4n) is 1.94. The van der Waals surface area contributed by atoms with Crippen LogP contribution in [0.3, 0.4) is 0 Å². The molecule has 3 rings (SSSR count). The van der Waals surface area contributed by atoms with E-state index < -0.39 is 0 Å². The molecule has 1 amide bonds. The lowest BCUT2D eigenvalue weighted by Gasteiger charge is -2.09. The number of rotatable bonds is 4. The molecule has 0 radical (unpaired) electrons. The fraction of sp³-hybridized carbons (Fsp3) is 0.417. The predicted molar refractivity (Wildman–Crippen MR) is 64.1 cm³/mol. The van der Waals surface area contributed by atoms with Crippen molar-refractivity contribution < 1.29 is 9.32 Å². The third-order valence-corrected chi connectivity index (χ3v) is 3.25. The smallest absolute Gasteiger partial charge is 0.277 e. The van der Waals surface area contributed by atoms with Crippen molar-refractivity contribution in [1.29, 1.82) is 0 Å². The summed E-state index contributed by atoms with van der Waals surface area (Å²) < 4.78 is 6.52. The summed E-state index contributed by atoms with van der Waals surface area (Å²) in [7, 11) is 0. The van der Waals surface area contributed by atoms with Gasteiger partial charge in [-0.3, -0.25) is 9.48 Å². The molecule has 1 aliphatic carbocycles. The molecule has 2 aromatic rings. The Bertz CT molecular complexity index is 542. The van der Waals surface area contributed by atoms with E-state index in [1.807, 2.05) is 10.9 Å². The van der Waals surface area contributed by atoms with Gasteiger partial charge >= 0.3 is 0 Å². The topological polar surface area (TPSA) is 73.0 Å². The van der Waals surface area contributed by atoms with Gasteiger partial charge in [-0.05, 0) is 25.7 Å². The van der Waals surface area contributed by atoms with Gasteiger partial charge in [0.2, 0.25) is 0 Å². The van der Waals surface area contributed by atoms with Crippen LogP contribution in [0.1, 0.15) is 36.3 Å². The van der Waals surface area contributed by atoms with Crippen LogP contribution in [0.5, 0.6) is 0 Å². The van der Waals surface area contributed by atoms with Crippen LogP contribution >= 0.6 is 0 Å². The Labute approximate surface area is 104 Å². The average Bonchev–Trinajstić information content (AvgIpc) is 2.90. The van der Waals surface area contributed by atoms with Crippen LogP contribution in [0.2, 0.25) is 0 Å². The van der Waals surface area contributed by atoms with Crippen LogP contribution in [0.15, 0.2) is 29.2 Å². The van der Waals surface area contributed by atoms with Gasteiger partial charge in [0.15, 0.2) is 5.69 Å². The van der Waals surface area contributed by atoms with Crippen LogP contribution in [-0.4, -0.2) is 20.8 Å². The van der Waals surface area contributed by atoms with Gasteiger partial charge in [-0.25, -0.2) is 0 Å². The van der Waals surface area contributed by atoms with Crippen molar-refractivity contribution in [3.05, 3.63) is 30.4 Å². The summed E-state index contributed by atoms with van der Waals surface area (Å²) in [6.07, 6.45) is 7.40. The first-order chi connectivity index (χ1) is 8.74. The number of hydrogen-bond acceptors (Lipinski definition) is 4. The van der Waals surface area contributed by atoms with Crippen molar-refractivity contribution in [3.63, 3.8) is 0 Å². The van der Waals surface area contributed by atoms with Crippen LogP contribution in [0.4, 0.5) is 5.69 Å². The number of amides is 1. The van der Waals surface area contributed by atoms with E-state index in [1.165, 1.54) is 25.2 Å². The maximum absolute atomic E-state index is 11.7. The first-order valence-electron chi connectivity index (χ1n) is 6.00. The van der Waals surface area contributed by atoms with E-state index in [0.29, 0.717) is 11.7 Å². The molecule has 0 aromatic carbocycles. The highest BCUT2D eigenvalue weighted by Crippen LogP contribution is 2.39. The predicted octanol–water partition coefficient (Wildman–Crippen LogP) is 2.09. The fourth-order valence-corrected chi connectivity index (χ4v) is 1.94. The third-order valence-electron chi connectivity index (χ3n) is 3.25. The Morgan fingerprint density at radius 2 is 2.44 bits per heavy atom. The molecule has 1 fully saturated rings. The molecule has 0 bridgehead atoms. The quantitative estimate of drug-likeness (QED) is 0.896. The van der Waals surface area contributed by atoms with E-state index in [4.69, 9.17) is 0 Å². The van der Waals surface area contributed by atoms with Gasteiger partial charge in [-0.15, -0.1) is 0 Å². The van der Waals surface area contributed by atoms with Crippen LogP contribution in [0.25, 0.3) is 0 Å². The van der Waals surface area contributed by atoms with E-state index in [1.54, 1.807) is 6.20 Å². The van der Waals surface area contributed by atoms with Crippen LogP contribution < -0.4 is 5.32 Å². The molecule has 1 saturated carbocycles. The first-order valence-corrected chi connectivity index (χ1v) is 6.00. The van der Waals surface area contributed by atoms with Gasteiger partial charge in [0.05, 0.1) is 17.9 Å². The summed E-state index contributed by atoms with van der Waals surface area (Å²) in [5, 5.41) is 10.6. The Kier molecular flexibility index (Phi) is 2.62. The second kappa shape index (κ2) is 4.29. The summed E-state index contributed by atoms with van der Waals surface area (Å²) in [4.78, 5) is 11.7. The van der Waals surface area contributed by atoms with E-state index in [0.717, 1.165) is 5.92 Å². The Balaban J connectivity index is 1.68. The summed E-state index contributed by atoms with van der Waals surface area (Å²) >= 11 is 0. The van der Waals surface area contributed by atoms with E-state index in [2.05, 4.69) is 27.0 Å². The maximum atomic E-state index is 11.7. The van der Waals surface area contributed by atoms with Crippen molar-refractivity contribution in [3.8, 4) is 0 Å². The Morgan fingerprint density at radius 1 is 1.61 bits per heavy atom. The van der Waals surface area contributed by atoms with Gasteiger partial charge in [0.25, 0.3) is 5.91 Å². The normalized spacial score (nSPS) is 16.5. The second-order valence-electron chi connectivity index (χ2n) is 4.63. The number of hydrogen-bond donors (Lipinski definition) is 1. The Hall–Kier alpha value is -2.11. The molecule has 0 saturated heterocycles. The molecule has 1 unspecified atom stereocenters. The van der Waals surface area contributed by atoms with Gasteiger partial charge in [-0.1, -0.05) is 5.16 Å². The van der Waals surface area contributed by atoms with Crippen LogP contribution in [-0.2, 0) is 0 Å². The summed E-state index contributed by atoms with van der Waals surface area (Å²) in [5.41, 5.74) is 0.938. The monoisotopic (exact) mass is 246 g/mol. The van der Waals surface area contributed by atoms with E-state index in [9.17, 15) is 4.79 Å². The number of carbonyl (C=O) groups excluding carboxylic acids is 1. The molecule has 2 aromatic heterocycles. The molecule has 1 N–H and O–H groups in total. The lowest BCUT2D eigenvalue weighted by atomic mass is 10.2. The standard InChI is InChI=1S/C12H14N4O2/c1-8(9-2-3-9)16-7-10(6-13-16)14-12(17)11-4-5-18-15-11/h4-9H,2-3H2,1H3,(H,14,17). The molecule has 1 aliphatic rings. The number of nitrogens with one attached hydrogen (secondary N) is 1. The van der Waals surface area contributed by atoms with Crippen molar-refractivity contribution in [2.45, 2.75) is 25.8 Å². The van der Waals surface area contributed by atoms with Crippen molar-refractivity contribution >= 4 is 11.6 Å². The molecule has 0 aliphatic heterocycles. The van der Waals surface area contributed by atoms with E-state index in [-0.39, 0.29) is 11.6 Å². The number of anilines is 1. The summed E-state index contributed by atoms with van der Waals surface area (Å²) in [6.45, 7) is 2.15. The molecule has 0 spiro atoms. The molecular formula is C12H14N4O2. The highest BCUT2D eigenvalue weighted by molar-refractivity contribution is 6.02. The van der Waals surface area contributed by atoms with Crippen molar-refractivity contribution in [2.24, 2.45) is 5.92 Å². The maximum Gasteiger partial charge on any atom is 0.277 e. The summed E-state index contributed by atoms with van der Waals surface area (Å²) in [6, 6.07) is 1.91. The van der Waals surface area contributed by atoms with Crippen molar-refractivity contribution in [2.75, 3.05) is 5.32 Å². The molecular weight excluding hydrogens is 232 g/mol. The minimum atomic E-state index is -0.289. The van der Waals surface area contributed by atoms with Gasteiger partial charge in [0, 0.05) is 12.3 Å². The minimum Gasteiger partial charge on any atom is -0.364 e. The SMILES string of the molecule is CC(C1CC1)n1cc(NC(=O)c2ccon2)cn1. The largest absolute Gasteiger partial charge is 0.364 e. The van der Waals surface area contributed by atoms with Crippen LogP contribution in [0, 0.1) is 5.92 Å².